The predicted octanol–water partition coefficient (Wildman–Crippen LogP) is 3.57. The Morgan fingerprint density at radius 3 is 2.57 bits per heavy atom. The van der Waals surface area contributed by atoms with Gasteiger partial charge in [-0.1, -0.05) is 11.6 Å². The summed E-state index contributed by atoms with van der Waals surface area (Å²) in [7, 11) is -2.31. The first-order chi connectivity index (χ1) is 14.1. The van der Waals surface area contributed by atoms with E-state index in [0.29, 0.717) is 16.8 Å². The second kappa shape index (κ2) is 8.25. The van der Waals surface area contributed by atoms with Crippen molar-refractivity contribution in [3.05, 3.63) is 68.9 Å². The number of pyridine rings is 1. The largest absolute Gasteiger partial charge is 0.497 e. The van der Waals surface area contributed by atoms with E-state index in [1.165, 1.54) is 7.11 Å². The van der Waals surface area contributed by atoms with Crippen LogP contribution >= 0.6 is 11.6 Å². The van der Waals surface area contributed by atoms with Crippen LogP contribution in [0.2, 0.25) is 5.15 Å². The fourth-order valence-corrected chi connectivity index (χ4v) is 3.75. The molecule has 0 radical (unpaired) electrons. The van der Waals surface area contributed by atoms with Crippen molar-refractivity contribution in [1.29, 1.82) is 0 Å². The second-order valence-electron chi connectivity index (χ2n) is 6.28. The quantitative estimate of drug-likeness (QED) is 0.241. The molecule has 3 rings (SSSR count). The van der Waals surface area contributed by atoms with Gasteiger partial charge in [-0.3, -0.25) is 10.1 Å². The van der Waals surface area contributed by atoms with Crippen LogP contribution in [0, 0.1) is 10.1 Å². The second-order valence-corrected chi connectivity index (χ2v) is 8.63. The van der Waals surface area contributed by atoms with Gasteiger partial charge in [0.1, 0.15) is 22.4 Å². The lowest BCUT2D eigenvalue weighted by Gasteiger charge is -2.09. The van der Waals surface area contributed by atoms with Crippen molar-refractivity contribution in [2.45, 2.75) is 11.5 Å². The van der Waals surface area contributed by atoms with Crippen molar-refractivity contribution >= 4 is 44.0 Å². The van der Waals surface area contributed by atoms with Gasteiger partial charge in [0.25, 0.3) is 5.69 Å². The number of nitro benzene ring substituents is 1. The number of sulfone groups is 1. The van der Waals surface area contributed by atoms with Crippen LogP contribution in [-0.2, 0) is 21.2 Å². The molecule has 0 bridgehead atoms. The first-order valence-electron chi connectivity index (χ1n) is 8.39. The van der Waals surface area contributed by atoms with Crippen LogP contribution in [-0.4, -0.2) is 37.7 Å². The van der Waals surface area contributed by atoms with Gasteiger partial charge >= 0.3 is 5.97 Å². The molecule has 0 amide bonds. The maximum atomic E-state index is 12.3. The summed E-state index contributed by atoms with van der Waals surface area (Å²) < 4.78 is 33.7. The van der Waals surface area contributed by atoms with Gasteiger partial charge in [-0.05, 0) is 30.3 Å². The van der Waals surface area contributed by atoms with E-state index in [-0.39, 0.29) is 17.3 Å². The van der Waals surface area contributed by atoms with Crippen molar-refractivity contribution in [1.82, 2.24) is 4.98 Å². The van der Waals surface area contributed by atoms with Gasteiger partial charge in [0, 0.05) is 29.3 Å². The highest BCUT2D eigenvalue weighted by atomic mass is 35.5. The van der Waals surface area contributed by atoms with Crippen molar-refractivity contribution in [2.75, 3.05) is 13.4 Å². The van der Waals surface area contributed by atoms with Gasteiger partial charge in [0.15, 0.2) is 9.84 Å². The zero-order valence-corrected chi connectivity index (χ0v) is 17.4. The fourth-order valence-electron chi connectivity index (χ4n) is 2.72. The Morgan fingerprint density at radius 2 is 1.93 bits per heavy atom. The van der Waals surface area contributed by atoms with E-state index in [4.69, 9.17) is 21.1 Å². The summed E-state index contributed by atoms with van der Waals surface area (Å²) in [6.45, 7) is -0.228. The zero-order valence-electron chi connectivity index (χ0n) is 15.8. The van der Waals surface area contributed by atoms with Gasteiger partial charge in [-0.2, -0.15) is 0 Å². The fraction of sp³-hybridized carbons (Fsp3) is 0.158. The van der Waals surface area contributed by atoms with Crippen LogP contribution in [0.4, 0.5) is 5.69 Å². The number of carbonyl (C=O) groups is 1. The molecule has 0 saturated carbocycles. The van der Waals surface area contributed by atoms with Crippen LogP contribution in [0.15, 0.2) is 47.4 Å². The topological polar surface area (TPSA) is 126 Å². The molecule has 11 heteroatoms. The summed E-state index contributed by atoms with van der Waals surface area (Å²) in [6.07, 6.45) is 0.845. The van der Waals surface area contributed by atoms with Gasteiger partial charge in [-0.25, -0.2) is 18.2 Å². The van der Waals surface area contributed by atoms with E-state index >= 15 is 0 Å². The summed E-state index contributed by atoms with van der Waals surface area (Å²) in [5.41, 5.74) is 0.168. The predicted molar refractivity (Wildman–Crippen MR) is 109 cm³/mol. The molecule has 1 heterocycles. The monoisotopic (exact) mass is 450 g/mol. The normalized spacial score (nSPS) is 11.3. The summed E-state index contributed by atoms with van der Waals surface area (Å²) in [4.78, 5) is 26.4. The lowest BCUT2D eigenvalue weighted by molar-refractivity contribution is -0.387. The molecule has 0 aliphatic heterocycles. The van der Waals surface area contributed by atoms with Crippen molar-refractivity contribution in [3.63, 3.8) is 0 Å². The molecule has 0 aliphatic rings. The van der Waals surface area contributed by atoms with Gasteiger partial charge in [0.2, 0.25) is 0 Å². The number of halogens is 1. The van der Waals surface area contributed by atoms with E-state index < -0.39 is 31.3 Å². The van der Waals surface area contributed by atoms with Gasteiger partial charge in [-0.15, -0.1) is 0 Å². The van der Waals surface area contributed by atoms with Crippen molar-refractivity contribution in [2.24, 2.45) is 0 Å². The van der Waals surface area contributed by atoms with Crippen LogP contribution in [0.1, 0.15) is 15.9 Å². The molecule has 30 heavy (non-hydrogen) atoms. The third-order valence-corrected chi connectivity index (χ3v) is 5.67. The summed E-state index contributed by atoms with van der Waals surface area (Å²) in [5, 5.41) is 12.1. The molecule has 0 spiro atoms. The van der Waals surface area contributed by atoms with E-state index in [1.54, 1.807) is 24.3 Å². The average Bonchev–Trinajstić information content (AvgIpc) is 2.70. The Morgan fingerprint density at radius 1 is 1.20 bits per heavy atom. The number of rotatable bonds is 6. The van der Waals surface area contributed by atoms with Crippen LogP contribution < -0.4 is 4.74 Å². The Balaban J connectivity index is 1.84. The number of hydrogen-bond donors (Lipinski definition) is 0. The standard InChI is InChI=1S/C19H15ClN2O7S/c1-28-14-5-3-11-7-13(18(20)21-15(11)9-14)10-29-19(23)12-4-6-17(30(2,26)27)16(8-12)22(24)25/h3-9H,10H2,1-2H3. The molecule has 9 nitrogen and oxygen atoms in total. The number of nitro groups is 1. The Kier molecular flexibility index (Phi) is 5.90. The van der Waals surface area contributed by atoms with E-state index in [9.17, 15) is 23.3 Å². The molecular formula is C19H15ClN2O7S. The highest BCUT2D eigenvalue weighted by Gasteiger charge is 2.24. The number of hydrogen-bond acceptors (Lipinski definition) is 8. The molecule has 1 aromatic heterocycles. The van der Waals surface area contributed by atoms with Crippen molar-refractivity contribution < 1.29 is 27.6 Å². The SMILES string of the molecule is COc1ccc2cc(COC(=O)c3ccc(S(C)(=O)=O)c([N+](=O)[O-])c3)c(Cl)nc2c1. The Bertz CT molecular complexity index is 1280. The minimum absolute atomic E-state index is 0.127. The van der Waals surface area contributed by atoms with Gasteiger partial charge < -0.3 is 9.47 Å². The molecule has 3 aromatic rings. The summed E-state index contributed by atoms with van der Waals surface area (Å²) in [6, 6.07) is 9.95. The molecule has 0 aliphatic carbocycles. The van der Waals surface area contributed by atoms with Crippen LogP contribution in [0.25, 0.3) is 10.9 Å². The van der Waals surface area contributed by atoms with Crippen LogP contribution in [0.5, 0.6) is 5.75 Å². The number of fused-ring (bicyclic) bond motifs is 1. The summed E-state index contributed by atoms with van der Waals surface area (Å²) >= 11 is 6.17. The molecule has 0 fully saturated rings. The van der Waals surface area contributed by atoms with Crippen molar-refractivity contribution in [3.8, 4) is 5.75 Å². The minimum Gasteiger partial charge on any atom is -0.497 e. The third-order valence-electron chi connectivity index (χ3n) is 4.20. The highest BCUT2D eigenvalue weighted by molar-refractivity contribution is 7.90. The number of esters is 1. The summed E-state index contributed by atoms with van der Waals surface area (Å²) in [5.74, 6) is -0.256. The zero-order chi connectivity index (χ0) is 22.1. The van der Waals surface area contributed by atoms with Gasteiger partial charge in [0.05, 0.1) is 23.1 Å². The molecule has 0 N–H and O–H groups in total. The lowest BCUT2D eigenvalue weighted by Crippen LogP contribution is -2.09. The number of carbonyl (C=O) groups excluding carboxylic acids is 1. The maximum Gasteiger partial charge on any atom is 0.338 e. The first-order valence-corrected chi connectivity index (χ1v) is 10.7. The number of nitrogens with zero attached hydrogens (tertiary/aromatic N) is 2. The Labute approximate surface area is 176 Å². The molecule has 0 saturated heterocycles. The molecule has 0 unspecified atom stereocenters. The lowest BCUT2D eigenvalue weighted by atomic mass is 10.1. The first kappa shape index (κ1) is 21.5. The minimum atomic E-state index is -3.84. The smallest absolute Gasteiger partial charge is 0.338 e. The number of aromatic nitrogens is 1. The van der Waals surface area contributed by atoms with E-state index in [2.05, 4.69) is 4.98 Å². The average molecular weight is 451 g/mol. The molecule has 2 aromatic carbocycles. The van der Waals surface area contributed by atoms with Crippen LogP contribution in [0.3, 0.4) is 0 Å². The number of methoxy groups -OCH3 is 1. The van der Waals surface area contributed by atoms with E-state index in [0.717, 1.165) is 29.8 Å². The van der Waals surface area contributed by atoms with E-state index in [1.807, 2.05) is 0 Å². The third kappa shape index (κ3) is 4.50. The maximum absolute atomic E-state index is 12.3. The Hall–Kier alpha value is -3.24. The molecule has 156 valence electrons. The number of benzene rings is 2. The molecular weight excluding hydrogens is 436 g/mol. The molecule has 0 atom stereocenters. The highest BCUT2D eigenvalue weighted by Crippen LogP contribution is 2.27. The number of ether oxygens (including phenoxy) is 2.